The maximum Gasteiger partial charge on any atom is 0.326 e. The monoisotopic (exact) mass is 486 g/mol. The number of carbonyl (C=O) groups is 5. The number of nitrogens with one attached hydrogen (secondary N) is 4. The van der Waals surface area contributed by atoms with Crippen LogP contribution in [0, 0.1) is 5.92 Å². The van der Waals surface area contributed by atoms with Gasteiger partial charge in [-0.05, 0) is 5.92 Å². The van der Waals surface area contributed by atoms with Gasteiger partial charge in [0.2, 0.25) is 17.7 Å². The van der Waals surface area contributed by atoms with Crippen LogP contribution in [0.5, 0.6) is 0 Å². The number of amides is 3. The van der Waals surface area contributed by atoms with Gasteiger partial charge in [0.15, 0.2) is 0 Å². The van der Waals surface area contributed by atoms with Gasteiger partial charge >= 0.3 is 11.9 Å². The first-order valence-electron chi connectivity index (χ1n) is 10.2. The average molecular weight is 487 g/mol. The van der Waals surface area contributed by atoms with Crippen LogP contribution in [-0.2, 0) is 30.4 Å². The van der Waals surface area contributed by atoms with Gasteiger partial charge in [-0.2, -0.15) is 12.6 Å². The third kappa shape index (κ3) is 9.10. The molecule has 5 unspecified atom stereocenters. The number of aliphatic carboxylic acids is 2. The number of rotatable bonds is 14. The largest absolute Gasteiger partial charge is 0.481 e. The third-order valence-electron chi connectivity index (χ3n) is 4.93. The van der Waals surface area contributed by atoms with Crippen molar-refractivity contribution in [3.05, 3.63) is 18.2 Å². The molecule has 0 saturated heterocycles. The molecular formula is C19H30N6O7S. The van der Waals surface area contributed by atoms with Gasteiger partial charge in [0.05, 0.1) is 18.8 Å². The summed E-state index contributed by atoms with van der Waals surface area (Å²) >= 11 is 3.89. The van der Waals surface area contributed by atoms with E-state index in [9.17, 15) is 29.1 Å². The van der Waals surface area contributed by atoms with Gasteiger partial charge in [-0.15, -0.1) is 0 Å². The number of hydrogen-bond donors (Lipinski definition) is 8. The molecule has 0 radical (unpaired) electrons. The molecule has 0 bridgehead atoms. The highest BCUT2D eigenvalue weighted by Gasteiger charge is 2.33. The molecule has 1 heterocycles. The summed E-state index contributed by atoms with van der Waals surface area (Å²) in [6.07, 6.45) is 2.40. The Balaban J connectivity index is 3.09. The molecule has 184 valence electrons. The number of hydrogen-bond acceptors (Lipinski definition) is 8. The van der Waals surface area contributed by atoms with Gasteiger partial charge < -0.3 is 36.9 Å². The molecule has 0 aromatic carbocycles. The summed E-state index contributed by atoms with van der Waals surface area (Å²) in [6.45, 7) is 3.43. The number of imidazole rings is 1. The fourth-order valence-electron chi connectivity index (χ4n) is 2.78. The zero-order valence-electron chi connectivity index (χ0n) is 18.3. The molecule has 13 nitrogen and oxygen atoms in total. The molecule has 3 amide bonds. The molecule has 8 N–H and O–H groups in total. The molecule has 0 fully saturated rings. The van der Waals surface area contributed by atoms with Crippen molar-refractivity contribution in [3.63, 3.8) is 0 Å². The van der Waals surface area contributed by atoms with Crippen LogP contribution in [0.1, 0.15) is 32.4 Å². The summed E-state index contributed by atoms with van der Waals surface area (Å²) in [7, 11) is 0. The normalized spacial score (nSPS) is 15.4. The lowest BCUT2D eigenvalue weighted by Crippen LogP contribution is -2.58. The zero-order valence-corrected chi connectivity index (χ0v) is 19.2. The van der Waals surface area contributed by atoms with Crippen LogP contribution in [0.25, 0.3) is 0 Å². The maximum atomic E-state index is 12.9. The fourth-order valence-corrected chi connectivity index (χ4v) is 2.95. The topological polar surface area (TPSA) is 217 Å². The summed E-state index contributed by atoms with van der Waals surface area (Å²) < 4.78 is 0. The van der Waals surface area contributed by atoms with E-state index in [1.165, 1.54) is 12.5 Å². The molecule has 0 saturated carbocycles. The lowest BCUT2D eigenvalue weighted by Gasteiger charge is -2.26. The van der Waals surface area contributed by atoms with E-state index in [2.05, 4.69) is 38.5 Å². The van der Waals surface area contributed by atoms with E-state index in [-0.39, 0.29) is 12.2 Å². The minimum absolute atomic E-state index is 0.0374. The second-order valence-electron chi connectivity index (χ2n) is 7.50. The maximum absolute atomic E-state index is 12.9. The van der Waals surface area contributed by atoms with E-state index < -0.39 is 66.2 Å². The number of carboxylic acid groups (broad SMARTS) is 2. The molecule has 14 heteroatoms. The SMILES string of the molecule is CCC(C)C(NC(=O)C(Cc1cnc[nH]1)NC(=O)C(CC(=O)O)NC(=O)C(N)CS)C(=O)O. The van der Waals surface area contributed by atoms with Crippen LogP contribution in [0.3, 0.4) is 0 Å². The highest BCUT2D eigenvalue weighted by molar-refractivity contribution is 7.80. The smallest absolute Gasteiger partial charge is 0.326 e. The number of carbonyl (C=O) groups excluding carboxylic acids is 3. The molecule has 0 aliphatic heterocycles. The summed E-state index contributed by atoms with van der Waals surface area (Å²) in [5, 5.41) is 25.6. The summed E-state index contributed by atoms with van der Waals surface area (Å²) in [5.41, 5.74) is 6.02. The minimum atomic E-state index is -1.53. The van der Waals surface area contributed by atoms with E-state index in [1.54, 1.807) is 13.8 Å². The number of H-pyrrole nitrogens is 1. The van der Waals surface area contributed by atoms with Crippen LogP contribution in [0.15, 0.2) is 12.5 Å². The van der Waals surface area contributed by atoms with Crippen molar-refractivity contribution in [3.8, 4) is 0 Å². The Morgan fingerprint density at radius 3 is 2.18 bits per heavy atom. The highest BCUT2D eigenvalue weighted by atomic mass is 32.1. The standard InChI is InChI=1S/C19H30N6O7S/c1-3-9(2)15(19(31)32)25-18(30)12(4-10-6-21-8-22-10)24-17(29)13(5-14(26)27)23-16(28)11(20)7-33/h6,8-9,11-13,15,33H,3-5,7,20H2,1-2H3,(H,21,22)(H,23,28)(H,24,29)(H,25,30)(H,26,27)(H,31,32). The summed E-state index contributed by atoms with van der Waals surface area (Å²) in [6, 6.07) is -5.08. The predicted octanol–water partition coefficient (Wildman–Crippen LogP) is -1.73. The molecule has 5 atom stereocenters. The van der Waals surface area contributed by atoms with Crippen molar-refractivity contribution in [1.29, 1.82) is 0 Å². The van der Waals surface area contributed by atoms with Crippen LogP contribution >= 0.6 is 12.6 Å². The number of aromatic amines is 1. The van der Waals surface area contributed by atoms with Crippen molar-refractivity contribution in [2.75, 3.05) is 5.75 Å². The molecule has 0 aliphatic carbocycles. The Kier molecular flexibility index (Phi) is 11.4. The van der Waals surface area contributed by atoms with Gasteiger partial charge in [-0.1, -0.05) is 20.3 Å². The predicted molar refractivity (Wildman–Crippen MR) is 119 cm³/mol. The zero-order chi connectivity index (χ0) is 25.1. The Morgan fingerprint density at radius 2 is 1.70 bits per heavy atom. The first-order valence-corrected chi connectivity index (χ1v) is 10.8. The lowest BCUT2D eigenvalue weighted by molar-refractivity contribution is -0.144. The van der Waals surface area contributed by atoms with E-state index in [0.717, 1.165) is 0 Å². The van der Waals surface area contributed by atoms with E-state index in [4.69, 9.17) is 10.8 Å². The molecule has 33 heavy (non-hydrogen) atoms. The van der Waals surface area contributed by atoms with Crippen molar-refractivity contribution in [2.24, 2.45) is 11.7 Å². The Morgan fingerprint density at radius 1 is 1.09 bits per heavy atom. The third-order valence-corrected chi connectivity index (χ3v) is 5.33. The second-order valence-corrected chi connectivity index (χ2v) is 7.87. The van der Waals surface area contributed by atoms with Crippen LogP contribution in [0.2, 0.25) is 0 Å². The average Bonchev–Trinajstić information content (AvgIpc) is 3.27. The van der Waals surface area contributed by atoms with Crippen LogP contribution in [-0.4, -0.2) is 79.8 Å². The summed E-state index contributed by atoms with van der Waals surface area (Å²) in [4.78, 5) is 67.2. The number of carboxylic acids is 2. The van der Waals surface area contributed by atoms with Crippen LogP contribution in [0.4, 0.5) is 0 Å². The number of nitrogens with two attached hydrogens (primary N) is 1. The second kappa shape index (κ2) is 13.4. The minimum Gasteiger partial charge on any atom is -0.481 e. The Hall–Kier alpha value is -3.13. The van der Waals surface area contributed by atoms with E-state index >= 15 is 0 Å². The molecule has 1 aromatic rings. The van der Waals surface area contributed by atoms with Gasteiger partial charge in [0, 0.05) is 24.1 Å². The molecule has 1 rings (SSSR count). The fraction of sp³-hybridized carbons (Fsp3) is 0.579. The molecular weight excluding hydrogens is 456 g/mol. The lowest BCUT2D eigenvalue weighted by atomic mass is 9.98. The molecule has 0 spiro atoms. The van der Waals surface area contributed by atoms with Gasteiger partial charge in [-0.25, -0.2) is 9.78 Å². The van der Waals surface area contributed by atoms with E-state index in [0.29, 0.717) is 12.1 Å². The Bertz CT molecular complexity index is 835. The molecule has 0 aliphatic rings. The van der Waals surface area contributed by atoms with Crippen molar-refractivity contribution < 1.29 is 34.2 Å². The van der Waals surface area contributed by atoms with Gasteiger partial charge in [0.1, 0.15) is 18.1 Å². The first-order chi connectivity index (χ1) is 15.5. The number of nitrogens with zero attached hydrogens (tertiary/aromatic N) is 1. The van der Waals surface area contributed by atoms with Crippen molar-refractivity contribution in [2.45, 2.75) is 57.3 Å². The summed E-state index contributed by atoms with van der Waals surface area (Å²) in [5.74, 6) is -5.57. The Labute approximate surface area is 195 Å². The van der Waals surface area contributed by atoms with Gasteiger partial charge in [0.25, 0.3) is 0 Å². The highest BCUT2D eigenvalue weighted by Crippen LogP contribution is 2.09. The number of aromatic nitrogens is 2. The first kappa shape index (κ1) is 27.9. The van der Waals surface area contributed by atoms with Crippen molar-refractivity contribution in [1.82, 2.24) is 25.9 Å². The van der Waals surface area contributed by atoms with Crippen LogP contribution < -0.4 is 21.7 Å². The van der Waals surface area contributed by atoms with E-state index in [1.807, 2.05) is 0 Å². The quantitative estimate of drug-likeness (QED) is 0.140. The van der Waals surface area contributed by atoms with Crippen molar-refractivity contribution >= 4 is 42.3 Å². The van der Waals surface area contributed by atoms with Gasteiger partial charge in [-0.3, -0.25) is 19.2 Å². The number of thiol groups is 1. The molecule has 1 aromatic heterocycles.